The number of thioether (sulfide) groups is 1. The van der Waals surface area contributed by atoms with E-state index in [4.69, 9.17) is 4.98 Å². The van der Waals surface area contributed by atoms with Gasteiger partial charge in [0, 0.05) is 17.8 Å². The molecule has 0 saturated heterocycles. The zero-order chi connectivity index (χ0) is 21.2. The van der Waals surface area contributed by atoms with Crippen LogP contribution in [-0.4, -0.2) is 27.8 Å². The molecule has 0 bridgehead atoms. The predicted molar refractivity (Wildman–Crippen MR) is 127 cm³/mol. The molecular weight excluding hydrogens is 402 g/mol. The van der Waals surface area contributed by atoms with Crippen LogP contribution >= 0.6 is 11.8 Å². The van der Waals surface area contributed by atoms with E-state index in [-0.39, 0.29) is 5.91 Å². The second-order valence-corrected chi connectivity index (χ2v) is 8.57. The Balaban J connectivity index is 1.45. The summed E-state index contributed by atoms with van der Waals surface area (Å²) < 4.78 is 2.17. The van der Waals surface area contributed by atoms with Crippen LogP contribution in [0.15, 0.2) is 90.2 Å². The van der Waals surface area contributed by atoms with E-state index in [9.17, 15) is 4.79 Å². The third-order valence-corrected chi connectivity index (χ3v) is 6.61. The number of carbonyl (C=O) groups is 1. The van der Waals surface area contributed by atoms with Crippen molar-refractivity contribution in [1.29, 1.82) is 0 Å². The summed E-state index contributed by atoms with van der Waals surface area (Å²) in [5, 5.41) is 0.828. The fourth-order valence-electron chi connectivity index (χ4n) is 4.10. The van der Waals surface area contributed by atoms with Crippen LogP contribution in [0.2, 0.25) is 0 Å². The van der Waals surface area contributed by atoms with Crippen molar-refractivity contribution in [3.63, 3.8) is 0 Å². The first kappa shape index (κ1) is 19.6. The molecular formula is C26H23N3OS. The first-order valence-electron chi connectivity index (χ1n) is 10.4. The number of benzene rings is 3. The van der Waals surface area contributed by atoms with Gasteiger partial charge in [0.15, 0.2) is 5.16 Å². The van der Waals surface area contributed by atoms with E-state index in [0.29, 0.717) is 5.75 Å². The molecule has 1 aliphatic rings. The van der Waals surface area contributed by atoms with E-state index < -0.39 is 0 Å². The van der Waals surface area contributed by atoms with Gasteiger partial charge < -0.3 is 4.90 Å². The molecule has 0 spiro atoms. The minimum atomic E-state index is 0.121. The lowest BCUT2D eigenvalue weighted by atomic mass is 10.1. The van der Waals surface area contributed by atoms with Gasteiger partial charge in [0.1, 0.15) is 0 Å². The van der Waals surface area contributed by atoms with Gasteiger partial charge in [-0.15, -0.1) is 0 Å². The minimum Gasteiger partial charge on any atom is -0.311 e. The van der Waals surface area contributed by atoms with Crippen molar-refractivity contribution in [3.05, 3.63) is 96.2 Å². The lowest BCUT2D eigenvalue weighted by Crippen LogP contribution is -2.30. The molecule has 5 rings (SSSR count). The molecule has 3 aromatic carbocycles. The molecule has 4 aromatic rings. The van der Waals surface area contributed by atoms with Crippen LogP contribution in [0.25, 0.3) is 16.9 Å². The number of aromatic nitrogens is 2. The summed E-state index contributed by atoms with van der Waals surface area (Å²) in [6, 6.07) is 26.7. The first-order chi connectivity index (χ1) is 15.2. The lowest BCUT2D eigenvalue weighted by Gasteiger charge is -2.18. The Hall–Kier alpha value is -3.31. The van der Waals surface area contributed by atoms with E-state index in [0.717, 1.165) is 40.8 Å². The molecule has 31 heavy (non-hydrogen) atoms. The van der Waals surface area contributed by atoms with Gasteiger partial charge in [-0.25, -0.2) is 4.98 Å². The highest BCUT2D eigenvalue weighted by Gasteiger charge is 2.25. The Morgan fingerprint density at radius 2 is 1.65 bits per heavy atom. The molecule has 0 atom stereocenters. The third kappa shape index (κ3) is 3.77. The first-order valence-corrected chi connectivity index (χ1v) is 11.4. The van der Waals surface area contributed by atoms with Crippen molar-refractivity contribution in [2.75, 3.05) is 17.2 Å². The Bertz CT molecular complexity index is 1230. The van der Waals surface area contributed by atoms with E-state index >= 15 is 0 Å². The lowest BCUT2D eigenvalue weighted by molar-refractivity contribution is -0.116. The average molecular weight is 426 g/mol. The minimum absolute atomic E-state index is 0.121. The normalized spacial score (nSPS) is 12.7. The van der Waals surface area contributed by atoms with Crippen LogP contribution in [0.3, 0.4) is 0 Å². The van der Waals surface area contributed by atoms with Gasteiger partial charge in [-0.1, -0.05) is 78.5 Å². The molecule has 1 aliphatic heterocycles. The second kappa shape index (κ2) is 8.44. The quantitative estimate of drug-likeness (QED) is 0.395. The fourth-order valence-corrected chi connectivity index (χ4v) is 4.96. The second-order valence-electron chi connectivity index (χ2n) is 7.63. The van der Waals surface area contributed by atoms with Crippen LogP contribution < -0.4 is 4.90 Å². The maximum Gasteiger partial charge on any atom is 0.237 e. The number of rotatable bonds is 5. The molecule has 0 unspecified atom stereocenters. The molecule has 1 aromatic heterocycles. The van der Waals surface area contributed by atoms with E-state index in [1.54, 1.807) is 0 Å². The van der Waals surface area contributed by atoms with Gasteiger partial charge >= 0.3 is 0 Å². The van der Waals surface area contributed by atoms with Gasteiger partial charge in [0.05, 0.1) is 23.3 Å². The maximum absolute atomic E-state index is 13.0. The Labute approximate surface area is 186 Å². The number of para-hydroxylation sites is 2. The van der Waals surface area contributed by atoms with Crippen LogP contribution in [-0.2, 0) is 11.2 Å². The third-order valence-electron chi connectivity index (χ3n) is 5.67. The Kier molecular flexibility index (Phi) is 5.35. The molecule has 1 amide bonds. The highest BCUT2D eigenvalue weighted by Crippen LogP contribution is 2.32. The van der Waals surface area contributed by atoms with Crippen molar-refractivity contribution in [3.8, 4) is 16.9 Å². The topological polar surface area (TPSA) is 38.1 Å². The number of fused-ring (bicyclic) bond motifs is 1. The largest absolute Gasteiger partial charge is 0.311 e. The molecule has 5 heteroatoms. The monoisotopic (exact) mass is 425 g/mol. The van der Waals surface area contributed by atoms with Gasteiger partial charge in [-0.3, -0.25) is 9.36 Å². The Morgan fingerprint density at radius 1 is 0.935 bits per heavy atom. The van der Waals surface area contributed by atoms with Crippen molar-refractivity contribution in [2.24, 2.45) is 0 Å². The number of hydrogen-bond acceptors (Lipinski definition) is 3. The fraction of sp³-hybridized carbons (Fsp3) is 0.154. The number of amides is 1. The van der Waals surface area contributed by atoms with Gasteiger partial charge in [-0.2, -0.15) is 0 Å². The highest BCUT2D eigenvalue weighted by molar-refractivity contribution is 7.99. The van der Waals surface area contributed by atoms with E-state index in [2.05, 4.69) is 41.8 Å². The van der Waals surface area contributed by atoms with Gasteiger partial charge in [-0.05, 0) is 36.6 Å². The molecule has 154 valence electrons. The van der Waals surface area contributed by atoms with Crippen LogP contribution in [0.4, 0.5) is 5.69 Å². The highest BCUT2D eigenvalue weighted by atomic mass is 32.2. The SMILES string of the molecule is Cc1ccccc1-n1c(-c2ccccc2)cnc1SCC(=O)N1CCc2ccccc21. The predicted octanol–water partition coefficient (Wildman–Crippen LogP) is 5.53. The summed E-state index contributed by atoms with van der Waals surface area (Å²) in [5.74, 6) is 0.474. The van der Waals surface area contributed by atoms with E-state index in [1.165, 1.54) is 22.9 Å². The summed E-state index contributed by atoms with van der Waals surface area (Å²) in [5.41, 5.74) is 6.66. The number of anilines is 1. The van der Waals surface area contributed by atoms with Crippen LogP contribution in [0.1, 0.15) is 11.1 Å². The molecule has 0 radical (unpaired) electrons. The zero-order valence-corrected chi connectivity index (χ0v) is 18.2. The standard InChI is InChI=1S/C26H23N3OS/c1-19-9-5-7-13-22(19)29-24(20-10-3-2-4-11-20)17-27-26(29)31-18-25(30)28-16-15-21-12-6-8-14-23(21)28/h2-14,17H,15-16,18H2,1H3. The summed E-state index contributed by atoms with van der Waals surface area (Å²) >= 11 is 1.50. The van der Waals surface area contributed by atoms with E-state index in [1.807, 2.05) is 59.6 Å². The molecule has 0 aliphatic carbocycles. The molecule has 0 N–H and O–H groups in total. The summed E-state index contributed by atoms with van der Waals surface area (Å²) in [4.78, 5) is 19.7. The number of hydrogen-bond donors (Lipinski definition) is 0. The number of carbonyl (C=O) groups excluding carboxylic acids is 1. The summed E-state index contributed by atoms with van der Waals surface area (Å²) in [6.07, 6.45) is 2.82. The zero-order valence-electron chi connectivity index (χ0n) is 17.4. The maximum atomic E-state index is 13.0. The smallest absolute Gasteiger partial charge is 0.237 e. The molecule has 0 saturated carbocycles. The molecule has 4 nitrogen and oxygen atoms in total. The van der Waals surface area contributed by atoms with Gasteiger partial charge in [0.25, 0.3) is 0 Å². The van der Waals surface area contributed by atoms with Crippen molar-refractivity contribution >= 4 is 23.4 Å². The number of aryl methyl sites for hydroxylation is 1. The van der Waals surface area contributed by atoms with Crippen LogP contribution in [0.5, 0.6) is 0 Å². The summed E-state index contributed by atoms with van der Waals surface area (Å²) in [7, 11) is 0. The molecule has 2 heterocycles. The molecule has 0 fully saturated rings. The number of nitrogens with zero attached hydrogens (tertiary/aromatic N) is 3. The van der Waals surface area contributed by atoms with Gasteiger partial charge in [0.2, 0.25) is 5.91 Å². The van der Waals surface area contributed by atoms with Crippen LogP contribution in [0, 0.1) is 6.92 Å². The average Bonchev–Trinajstić information content (AvgIpc) is 3.43. The van der Waals surface area contributed by atoms with Crippen molar-refractivity contribution in [2.45, 2.75) is 18.5 Å². The van der Waals surface area contributed by atoms with Crippen molar-refractivity contribution < 1.29 is 4.79 Å². The number of imidazole rings is 1. The Morgan fingerprint density at radius 3 is 2.45 bits per heavy atom. The summed E-state index contributed by atoms with van der Waals surface area (Å²) in [6.45, 7) is 2.85. The van der Waals surface area contributed by atoms with Crippen molar-refractivity contribution in [1.82, 2.24) is 9.55 Å².